The van der Waals surface area contributed by atoms with E-state index >= 15 is 0 Å². The Labute approximate surface area is 238 Å². The summed E-state index contributed by atoms with van der Waals surface area (Å²) in [6, 6.07) is 29.0. The largest absolute Gasteiger partial charge is 0.506 e. The molecule has 6 nitrogen and oxygen atoms in total. The maximum atomic E-state index is 12.5. The van der Waals surface area contributed by atoms with Crippen LogP contribution in [0, 0.1) is 6.92 Å². The monoisotopic (exact) mass is 542 g/mol. The topological polar surface area (TPSA) is 98.7 Å². The number of hydrogen-bond donors (Lipinski definition) is 4. The highest BCUT2D eigenvalue weighted by Gasteiger charge is 2.25. The normalized spacial score (nSPS) is 9.78. The quantitative estimate of drug-likeness (QED) is 0.145. The fourth-order valence-corrected chi connectivity index (χ4v) is 3.61. The van der Waals surface area contributed by atoms with Gasteiger partial charge in [0.25, 0.3) is 5.91 Å². The smallest absolute Gasteiger partial charge is 0.255 e. The average Bonchev–Trinajstić information content (AvgIpc) is 2.98. The van der Waals surface area contributed by atoms with Crippen LogP contribution in [-0.2, 0) is 10.2 Å². The Kier molecular flexibility index (Phi) is 14.3. The molecular formula is C34H42N2O4. The lowest BCUT2D eigenvalue weighted by Crippen LogP contribution is -2.20. The summed E-state index contributed by atoms with van der Waals surface area (Å²) < 4.78 is 0. The van der Waals surface area contributed by atoms with Crippen molar-refractivity contribution in [3.63, 3.8) is 0 Å². The molecule has 4 N–H and O–H groups in total. The molecule has 0 atom stereocenters. The molecule has 40 heavy (non-hydrogen) atoms. The molecule has 2 amide bonds. The molecular weight excluding hydrogens is 500 g/mol. The molecule has 0 saturated heterocycles. The minimum atomic E-state index is -0.535. The predicted octanol–water partition coefficient (Wildman–Crippen LogP) is 8.29. The highest BCUT2D eigenvalue weighted by molar-refractivity contribution is 6.05. The summed E-state index contributed by atoms with van der Waals surface area (Å²) >= 11 is 0. The van der Waals surface area contributed by atoms with Gasteiger partial charge in [0, 0.05) is 11.0 Å². The van der Waals surface area contributed by atoms with Crippen molar-refractivity contribution in [2.75, 3.05) is 10.6 Å². The minimum Gasteiger partial charge on any atom is -0.506 e. The molecule has 0 bridgehead atoms. The second-order valence-corrected chi connectivity index (χ2v) is 8.83. The molecule has 0 spiro atoms. The molecule has 0 radical (unpaired) electrons. The Morgan fingerprint density at radius 2 is 1.15 bits per heavy atom. The van der Waals surface area contributed by atoms with Crippen molar-refractivity contribution in [3.8, 4) is 11.5 Å². The lowest BCUT2D eigenvalue weighted by Gasteiger charge is -2.27. The molecule has 0 saturated carbocycles. The second kappa shape index (κ2) is 17.1. The third-order valence-corrected chi connectivity index (χ3v) is 5.88. The fraction of sp³-hybridized carbons (Fsp3) is 0.235. The van der Waals surface area contributed by atoms with Crippen LogP contribution in [0.25, 0.3) is 0 Å². The minimum absolute atomic E-state index is 0.0295. The number of hydrogen-bond acceptors (Lipinski definition) is 4. The molecule has 4 rings (SSSR count). The zero-order valence-corrected chi connectivity index (χ0v) is 24.5. The van der Waals surface area contributed by atoms with E-state index in [-0.39, 0.29) is 17.4 Å². The van der Waals surface area contributed by atoms with Gasteiger partial charge in [-0.3, -0.25) is 9.59 Å². The Balaban J connectivity index is 0.000000617. The van der Waals surface area contributed by atoms with Crippen molar-refractivity contribution in [2.45, 2.75) is 53.9 Å². The number of nitrogens with one attached hydrogen (secondary N) is 2. The van der Waals surface area contributed by atoms with Gasteiger partial charge in [-0.15, -0.1) is 0 Å². The molecule has 0 heterocycles. The fourth-order valence-electron chi connectivity index (χ4n) is 3.61. The van der Waals surface area contributed by atoms with Crippen LogP contribution in [0.4, 0.5) is 11.4 Å². The summed E-state index contributed by atoms with van der Waals surface area (Å²) in [4.78, 5) is 23.2. The summed E-state index contributed by atoms with van der Waals surface area (Å²) in [7, 11) is 0. The number of phenolic OH excluding ortho intramolecular Hbond substituents is 2. The van der Waals surface area contributed by atoms with Gasteiger partial charge in [0.05, 0.1) is 11.4 Å². The van der Waals surface area contributed by atoms with E-state index in [4.69, 9.17) is 0 Å². The van der Waals surface area contributed by atoms with E-state index in [2.05, 4.69) is 29.7 Å². The van der Waals surface area contributed by atoms with Gasteiger partial charge < -0.3 is 20.8 Å². The number of rotatable bonds is 6. The SMILES string of the molecule is CC.CC.CC(C)(c1ccc(O)c(NC=O)c1)c1ccc(O)c(NC(=O)c2ccccc2)c1.Cc1ccccc1. The molecule has 0 aromatic heterocycles. The molecule has 0 aliphatic carbocycles. The number of aromatic hydroxyl groups is 2. The number of phenols is 2. The van der Waals surface area contributed by atoms with E-state index in [1.807, 2.05) is 65.8 Å². The van der Waals surface area contributed by atoms with Crippen LogP contribution in [0.15, 0.2) is 97.1 Å². The number of aryl methyl sites for hydroxylation is 1. The highest BCUT2D eigenvalue weighted by atomic mass is 16.3. The Morgan fingerprint density at radius 1 is 0.700 bits per heavy atom. The van der Waals surface area contributed by atoms with Gasteiger partial charge in [0.2, 0.25) is 6.41 Å². The average molecular weight is 543 g/mol. The predicted molar refractivity (Wildman–Crippen MR) is 166 cm³/mol. The maximum absolute atomic E-state index is 12.5. The summed E-state index contributed by atoms with van der Waals surface area (Å²) in [6.07, 6.45) is 0.504. The Bertz CT molecular complexity index is 1320. The lowest BCUT2D eigenvalue weighted by atomic mass is 9.77. The number of amides is 2. The van der Waals surface area contributed by atoms with Gasteiger partial charge in [0.15, 0.2) is 0 Å². The van der Waals surface area contributed by atoms with Crippen LogP contribution in [0.1, 0.15) is 68.6 Å². The van der Waals surface area contributed by atoms with Gasteiger partial charge in [-0.1, -0.05) is 108 Å². The number of carbonyl (C=O) groups excluding carboxylic acids is 2. The van der Waals surface area contributed by atoms with E-state index < -0.39 is 5.41 Å². The Hall–Kier alpha value is -4.58. The van der Waals surface area contributed by atoms with Crippen molar-refractivity contribution in [1.82, 2.24) is 0 Å². The van der Waals surface area contributed by atoms with Crippen LogP contribution in [0.5, 0.6) is 11.5 Å². The first kappa shape index (κ1) is 33.4. The van der Waals surface area contributed by atoms with Crippen LogP contribution in [0.3, 0.4) is 0 Å². The van der Waals surface area contributed by atoms with Crippen molar-refractivity contribution < 1.29 is 19.8 Å². The molecule has 4 aromatic carbocycles. The standard InChI is InChI=1S/C23H22N2O4.C7H8.2C2H6/c1-23(2,16-8-10-20(27)18(12-16)24-14-26)17-9-11-21(28)19(13-17)25-22(29)15-6-4-3-5-7-15;1-7-5-3-2-4-6-7;2*1-2/h3-14,27-28H,1-2H3,(H,24,26)(H,25,29);2-6H,1H3;2*1-2H3. The van der Waals surface area contributed by atoms with E-state index in [1.165, 1.54) is 17.7 Å². The third kappa shape index (κ3) is 9.62. The van der Waals surface area contributed by atoms with E-state index in [9.17, 15) is 19.8 Å². The van der Waals surface area contributed by atoms with Crippen LogP contribution in [-0.4, -0.2) is 22.5 Å². The highest BCUT2D eigenvalue weighted by Crippen LogP contribution is 2.38. The van der Waals surface area contributed by atoms with Crippen molar-refractivity contribution >= 4 is 23.7 Å². The van der Waals surface area contributed by atoms with Gasteiger partial charge >= 0.3 is 0 Å². The third-order valence-electron chi connectivity index (χ3n) is 5.88. The van der Waals surface area contributed by atoms with Crippen LogP contribution in [0.2, 0.25) is 0 Å². The van der Waals surface area contributed by atoms with Crippen LogP contribution < -0.4 is 10.6 Å². The summed E-state index contributed by atoms with van der Waals surface area (Å²) in [6.45, 7) is 14.0. The van der Waals surface area contributed by atoms with Crippen LogP contribution >= 0.6 is 0 Å². The zero-order valence-electron chi connectivity index (χ0n) is 24.5. The van der Waals surface area contributed by atoms with E-state index in [0.29, 0.717) is 23.3 Å². The molecule has 0 aliphatic heterocycles. The van der Waals surface area contributed by atoms with Gasteiger partial charge in [0.1, 0.15) is 11.5 Å². The van der Waals surface area contributed by atoms with Crippen molar-refractivity contribution in [1.29, 1.82) is 0 Å². The molecule has 0 fully saturated rings. The van der Waals surface area contributed by atoms with E-state index in [1.54, 1.807) is 48.5 Å². The van der Waals surface area contributed by atoms with Gasteiger partial charge in [-0.25, -0.2) is 0 Å². The summed E-state index contributed by atoms with van der Waals surface area (Å²) in [5, 5.41) is 25.3. The number of benzene rings is 4. The molecule has 212 valence electrons. The zero-order chi connectivity index (χ0) is 30.1. The van der Waals surface area contributed by atoms with Crippen molar-refractivity contribution in [3.05, 3.63) is 119 Å². The van der Waals surface area contributed by atoms with Crippen molar-refractivity contribution in [2.24, 2.45) is 0 Å². The van der Waals surface area contributed by atoms with Gasteiger partial charge in [-0.2, -0.15) is 0 Å². The number of anilines is 2. The first-order valence-corrected chi connectivity index (χ1v) is 13.5. The van der Waals surface area contributed by atoms with Gasteiger partial charge in [-0.05, 0) is 54.4 Å². The summed E-state index contributed by atoms with van der Waals surface area (Å²) in [5.41, 5.74) is 3.55. The summed E-state index contributed by atoms with van der Waals surface area (Å²) in [5.74, 6) is -0.390. The first-order valence-electron chi connectivity index (χ1n) is 13.5. The molecule has 0 unspecified atom stereocenters. The number of carbonyl (C=O) groups is 2. The maximum Gasteiger partial charge on any atom is 0.255 e. The van der Waals surface area contributed by atoms with E-state index in [0.717, 1.165) is 11.1 Å². The second-order valence-electron chi connectivity index (χ2n) is 8.83. The first-order chi connectivity index (χ1) is 19.2. The molecule has 0 aliphatic rings. The molecule has 6 heteroatoms. The molecule has 4 aromatic rings. The lowest BCUT2D eigenvalue weighted by molar-refractivity contribution is -0.105. The Morgan fingerprint density at radius 3 is 1.60 bits per heavy atom.